The Labute approximate surface area is 108 Å². The minimum Gasteiger partial charge on any atom is -0.496 e. The van der Waals surface area contributed by atoms with Crippen LogP contribution in [-0.4, -0.2) is 13.7 Å². The highest BCUT2D eigenvalue weighted by atomic mass is 16.5. The van der Waals surface area contributed by atoms with E-state index in [0.29, 0.717) is 12.5 Å². The van der Waals surface area contributed by atoms with Crippen LogP contribution in [0, 0.1) is 0 Å². The van der Waals surface area contributed by atoms with Gasteiger partial charge in [0, 0.05) is 11.5 Å². The van der Waals surface area contributed by atoms with E-state index in [-0.39, 0.29) is 0 Å². The molecule has 0 saturated heterocycles. The highest BCUT2D eigenvalue weighted by molar-refractivity contribution is 5.42. The first-order valence-corrected chi connectivity index (χ1v) is 6.24. The van der Waals surface area contributed by atoms with Crippen molar-refractivity contribution in [1.82, 2.24) is 0 Å². The predicted octanol–water partition coefficient (Wildman–Crippen LogP) is 3.18. The van der Waals surface area contributed by atoms with E-state index in [2.05, 4.69) is 30.3 Å². The number of rotatable bonds is 5. The maximum absolute atomic E-state index is 5.75. The summed E-state index contributed by atoms with van der Waals surface area (Å²) in [5.74, 6) is 1.23. The monoisotopic (exact) mass is 241 g/mol. The highest BCUT2D eigenvalue weighted by Crippen LogP contribution is 2.33. The highest BCUT2D eigenvalue weighted by Gasteiger charge is 2.16. The van der Waals surface area contributed by atoms with E-state index in [1.165, 1.54) is 11.1 Å². The van der Waals surface area contributed by atoms with Crippen molar-refractivity contribution < 1.29 is 4.74 Å². The Bertz CT molecular complexity index is 481. The van der Waals surface area contributed by atoms with E-state index in [9.17, 15) is 0 Å². The van der Waals surface area contributed by atoms with Crippen molar-refractivity contribution in [2.45, 2.75) is 12.3 Å². The van der Waals surface area contributed by atoms with E-state index in [1.54, 1.807) is 7.11 Å². The topological polar surface area (TPSA) is 35.2 Å². The molecule has 2 rings (SSSR count). The van der Waals surface area contributed by atoms with Gasteiger partial charge in [0.1, 0.15) is 5.75 Å². The minimum absolute atomic E-state index is 0.298. The lowest BCUT2D eigenvalue weighted by Crippen LogP contribution is -2.09. The number of para-hydroxylation sites is 1. The number of nitrogens with two attached hydrogens (primary N) is 1. The zero-order chi connectivity index (χ0) is 12.8. The molecule has 0 heterocycles. The molecule has 0 amide bonds. The van der Waals surface area contributed by atoms with Crippen LogP contribution in [0.3, 0.4) is 0 Å². The van der Waals surface area contributed by atoms with Gasteiger partial charge in [-0.2, -0.15) is 0 Å². The van der Waals surface area contributed by atoms with Crippen molar-refractivity contribution in [2.75, 3.05) is 13.7 Å². The summed E-state index contributed by atoms with van der Waals surface area (Å²) in [6.45, 7) is 0.664. The fourth-order valence-electron chi connectivity index (χ4n) is 2.31. The average molecular weight is 241 g/mol. The van der Waals surface area contributed by atoms with Gasteiger partial charge in [0.2, 0.25) is 0 Å². The zero-order valence-electron chi connectivity index (χ0n) is 10.7. The van der Waals surface area contributed by atoms with Gasteiger partial charge in [-0.1, -0.05) is 48.5 Å². The Hall–Kier alpha value is -1.80. The van der Waals surface area contributed by atoms with Gasteiger partial charge < -0.3 is 10.5 Å². The van der Waals surface area contributed by atoms with Crippen molar-refractivity contribution in [3.8, 4) is 5.75 Å². The number of hydrogen-bond donors (Lipinski definition) is 1. The van der Waals surface area contributed by atoms with Crippen molar-refractivity contribution in [3.05, 3.63) is 65.7 Å². The molecule has 18 heavy (non-hydrogen) atoms. The summed E-state index contributed by atoms with van der Waals surface area (Å²) < 4.78 is 5.45. The zero-order valence-corrected chi connectivity index (χ0v) is 10.7. The number of hydrogen-bond acceptors (Lipinski definition) is 2. The van der Waals surface area contributed by atoms with Crippen LogP contribution in [0.4, 0.5) is 0 Å². The van der Waals surface area contributed by atoms with Crippen LogP contribution in [0.1, 0.15) is 23.5 Å². The molecular formula is C16H19NO. The summed E-state index contributed by atoms with van der Waals surface area (Å²) in [6.07, 6.45) is 0.921. The maximum atomic E-state index is 5.75. The van der Waals surface area contributed by atoms with Gasteiger partial charge in [0.25, 0.3) is 0 Å². The van der Waals surface area contributed by atoms with Gasteiger partial charge in [0.15, 0.2) is 0 Å². The van der Waals surface area contributed by atoms with Crippen molar-refractivity contribution in [2.24, 2.45) is 5.73 Å². The molecule has 0 fully saturated rings. The SMILES string of the molecule is COc1ccccc1C(CCN)c1ccccc1. The Morgan fingerprint density at radius 1 is 1.00 bits per heavy atom. The Balaban J connectivity index is 2.41. The van der Waals surface area contributed by atoms with Crippen LogP contribution < -0.4 is 10.5 Å². The number of methoxy groups -OCH3 is 1. The van der Waals surface area contributed by atoms with Gasteiger partial charge >= 0.3 is 0 Å². The van der Waals surface area contributed by atoms with Gasteiger partial charge in [-0.3, -0.25) is 0 Å². The van der Waals surface area contributed by atoms with E-state index in [4.69, 9.17) is 10.5 Å². The summed E-state index contributed by atoms with van der Waals surface area (Å²) in [7, 11) is 1.71. The molecule has 0 radical (unpaired) electrons. The molecule has 2 aromatic rings. The van der Waals surface area contributed by atoms with Crippen molar-refractivity contribution in [3.63, 3.8) is 0 Å². The fraction of sp³-hybridized carbons (Fsp3) is 0.250. The normalized spacial score (nSPS) is 12.1. The largest absolute Gasteiger partial charge is 0.496 e. The summed E-state index contributed by atoms with van der Waals surface area (Å²) in [6, 6.07) is 18.6. The van der Waals surface area contributed by atoms with Crippen LogP contribution in [0.5, 0.6) is 5.75 Å². The van der Waals surface area contributed by atoms with E-state index in [1.807, 2.05) is 24.3 Å². The van der Waals surface area contributed by atoms with Crippen LogP contribution >= 0.6 is 0 Å². The lowest BCUT2D eigenvalue weighted by Gasteiger charge is -2.19. The van der Waals surface area contributed by atoms with Crippen LogP contribution in [0.25, 0.3) is 0 Å². The molecular weight excluding hydrogens is 222 g/mol. The fourth-order valence-corrected chi connectivity index (χ4v) is 2.31. The maximum Gasteiger partial charge on any atom is 0.122 e. The van der Waals surface area contributed by atoms with Gasteiger partial charge in [-0.05, 0) is 24.6 Å². The smallest absolute Gasteiger partial charge is 0.122 e. The summed E-state index contributed by atoms with van der Waals surface area (Å²) in [5.41, 5.74) is 8.24. The Kier molecular flexibility index (Phi) is 4.37. The first kappa shape index (κ1) is 12.7. The first-order valence-electron chi connectivity index (χ1n) is 6.24. The van der Waals surface area contributed by atoms with E-state index >= 15 is 0 Å². The lowest BCUT2D eigenvalue weighted by atomic mass is 9.88. The molecule has 0 saturated carbocycles. The number of benzene rings is 2. The van der Waals surface area contributed by atoms with Crippen LogP contribution in [0.15, 0.2) is 54.6 Å². The van der Waals surface area contributed by atoms with Crippen molar-refractivity contribution in [1.29, 1.82) is 0 Å². The van der Waals surface area contributed by atoms with E-state index < -0.39 is 0 Å². The molecule has 0 bridgehead atoms. The van der Waals surface area contributed by atoms with Crippen molar-refractivity contribution >= 4 is 0 Å². The molecule has 2 N–H and O–H groups in total. The summed E-state index contributed by atoms with van der Waals surface area (Å²) in [4.78, 5) is 0. The molecule has 2 nitrogen and oxygen atoms in total. The molecule has 0 aromatic heterocycles. The first-order chi connectivity index (χ1) is 8.86. The Morgan fingerprint density at radius 2 is 1.67 bits per heavy atom. The van der Waals surface area contributed by atoms with Crippen LogP contribution in [-0.2, 0) is 0 Å². The van der Waals surface area contributed by atoms with Gasteiger partial charge in [-0.15, -0.1) is 0 Å². The lowest BCUT2D eigenvalue weighted by molar-refractivity contribution is 0.406. The molecule has 2 aromatic carbocycles. The van der Waals surface area contributed by atoms with Crippen LogP contribution in [0.2, 0.25) is 0 Å². The molecule has 2 heteroatoms. The third-order valence-electron chi connectivity index (χ3n) is 3.17. The molecule has 0 spiro atoms. The molecule has 1 atom stereocenters. The van der Waals surface area contributed by atoms with E-state index in [0.717, 1.165) is 12.2 Å². The molecule has 94 valence electrons. The second-order valence-corrected chi connectivity index (χ2v) is 4.28. The summed E-state index contributed by atoms with van der Waals surface area (Å²) >= 11 is 0. The third-order valence-corrected chi connectivity index (χ3v) is 3.17. The number of ether oxygens (including phenoxy) is 1. The summed E-state index contributed by atoms with van der Waals surface area (Å²) in [5, 5.41) is 0. The second kappa shape index (κ2) is 6.22. The molecule has 1 unspecified atom stereocenters. The minimum atomic E-state index is 0.298. The standard InChI is InChI=1S/C16H19NO/c1-18-16-10-6-5-9-15(16)14(11-12-17)13-7-3-2-4-8-13/h2-10,14H,11-12,17H2,1H3. The predicted molar refractivity (Wildman–Crippen MR) is 75.0 cm³/mol. The quantitative estimate of drug-likeness (QED) is 0.872. The molecule has 0 aliphatic rings. The average Bonchev–Trinajstić information content (AvgIpc) is 2.46. The van der Waals surface area contributed by atoms with Gasteiger partial charge in [0.05, 0.1) is 7.11 Å². The third kappa shape index (κ3) is 2.71. The Morgan fingerprint density at radius 3 is 2.33 bits per heavy atom. The second-order valence-electron chi connectivity index (χ2n) is 4.28. The van der Waals surface area contributed by atoms with Gasteiger partial charge in [-0.25, -0.2) is 0 Å². The molecule has 0 aliphatic heterocycles. The molecule has 0 aliphatic carbocycles.